The lowest BCUT2D eigenvalue weighted by atomic mass is 10.1. The maximum Gasteiger partial charge on any atom is 0.243 e. The Kier molecular flexibility index (Phi) is 6.18. The average molecular weight is 367 g/mol. The molecule has 1 aliphatic heterocycles. The van der Waals surface area contributed by atoms with Crippen molar-refractivity contribution in [2.45, 2.75) is 50.6 Å². The van der Waals surface area contributed by atoms with Crippen molar-refractivity contribution in [1.29, 1.82) is 0 Å². The highest BCUT2D eigenvalue weighted by Gasteiger charge is 2.30. The minimum absolute atomic E-state index is 0.0897. The fraction of sp³-hybridized carbons (Fsp3) is 0.529. The Morgan fingerprint density at radius 3 is 2.24 bits per heavy atom. The van der Waals surface area contributed by atoms with Crippen LogP contribution in [-0.4, -0.2) is 49.7 Å². The first kappa shape index (κ1) is 19.4. The van der Waals surface area contributed by atoms with Gasteiger partial charge in [-0.25, -0.2) is 8.42 Å². The van der Waals surface area contributed by atoms with Crippen LogP contribution >= 0.6 is 0 Å². The molecule has 0 radical (unpaired) electrons. The van der Waals surface area contributed by atoms with Crippen molar-refractivity contribution in [1.82, 2.24) is 14.9 Å². The molecule has 25 heavy (non-hydrogen) atoms. The zero-order valence-corrected chi connectivity index (χ0v) is 15.6. The summed E-state index contributed by atoms with van der Waals surface area (Å²) in [6.07, 6.45) is 1.09. The van der Waals surface area contributed by atoms with Gasteiger partial charge in [-0.05, 0) is 38.8 Å². The molecule has 138 valence electrons. The van der Waals surface area contributed by atoms with E-state index in [9.17, 15) is 18.0 Å². The highest BCUT2D eigenvalue weighted by Crippen LogP contribution is 2.21. The summed E-state index contributed by atoms with van der Waals surface area (Å²) in [6.45, 7) is 5.60. The number of sulfonamides is 1. The summed E-state index contributed by atoms with van der Waals surface area (Å²) in [5, 5.41) is 5.40. The number of benzene rings is 1. The molecule has 2 rings (SSSR count). The van der Waals surface area contributed by atoms with Crippen molar-refractivity contribution in [3.63, 3.8) is 0 Å². The Bertz CT molecular complexity index is 723. The summed E-state index contributed by atoms with van der Waals surface area (Å²) < 4.78 is 26.8. The fourth-order valence-corrected chi connectivity index (χ4v) is 4.27. The molecule has 7 nitrogen and oxygen atoms in total. The molecule has 2 N–H and O–H groups in total. The minimum atomic E-state index is -3.50. The van der Waals surface area contributed by atoms with Gasteiger partial charge in [0.25, 0.3) is 0 Å². The second-order valence-electron chi connectivity index (χ2n) is 6.42. The number of rotatable bonds is 5. The predicted molar refractivity (Wildman–Crippen MR) is 94.4 cm³/mol. The molecule has 0 unspecified atom stereocenters. The van der Waals surface area contributed by atoms with Crippen molar-refractivity contribution in [2.75, 3.05) is 13.1 Å². The standard InChI is InChI=1S/C17H25N3O4S/c1-12-4-6-16(7-5-12)25(23,24)20-10-8-15(9-11-20)19-17(22)13(2)18-14(3)21/h4-7,13,15H,8-11H2,1-3H3,(H,18,21)(H,19,22)/t13-/m0/s1. The van der Waals surface area contributed by atoms with Crippen molar-refractivity contribution in [3.05, 3.63) is 29.8 Å². The van der Waals surface area contributed by atoms with Crippen LogP contribution in [0.15, 0.2) is 29.2 Å². The highest BCUT2D eigenvalue weighted by molar-refractivity contribution is 7.89. The smallest absolute Gasteiger partial charge is 0.243 e. The SMILES string of the molecule is CC(=O)N[C@@H](C)C(=O)NC1CCN(S(=O)(=O)c2ccc(C)cc2)CC1. The topological polar surface area (TPSA) is 95.6 Å². The number of aryl methyl sites for hydroxylation is 1. The molecular weight excluding hydrogens is 342 g/mol. The molecule has 0 saturated carbocycles. The molecule has 1 atom stereocenters. The molecule has 8 heteroatoms. The number of hydrogen-bond donors (Lipinski definition) is 2. The number of carbonyl (C=O) groups is 2. The van der Waals surface area contributed by atoms with Crippen LogP contribution in [0.3, 0.4) is 0 Å². The maximum atomic E-state index is 12.6. The number of nitrogens with one attached hydrogen (secondary N) is 2. The quantitative estimate of drug-likeness (QED) is 0.804. The highest BCUT2D eigenvalue weighted by atomic mass is 32.2. The first-order valence-corrected chi connectivity index (χ1v) is 9.78. The molecule has 1 heterocycles. The first-order valence-electron chi connectivity index (χ1n) is 8.34. The zero-order chi connectivity index (χ0) is 18.6. The van der Waals surface area contributed by atoms with Gasteiger partial charge in [0, 0.05) is 26.1 Å². The second-order valence-corrected chi connectivity index (χ2v) is 8.36. The second kappa shape index (κ2) is 7.97. The van der Waals surface area contributed by atoms with Crippen molar-refractivity contribution in [2.24, 2.45) is 0 Å². The van der Waals surface area contributed by atoms with Gasteiger partial charge in [-0.2, -0.15) is 4.31 Å². The van der Waals surface area contributed by atoms with Crippen LogP contribution in [0.5, 0.6) is 0 Å². The molecule has 1 fully saturated rings. The number of nitrogens with zero attached hydrogens (tertiary/aromatic N) is 1. The summed E-state index contributed by atoms with van der Waals surface area (Å²) in [4.78, 5) is 23.3. The summed E-state index contributed by atoms with van der Waals surface area (Å²) in [5.74, 6) is -0.517. The molecule has 0 aromatic heterocycles. The molecule has 2 amide bonds. The van der Waals surface area contributed by atoms with E-state index in [2.05, 4.69) is 10.6 Å². The summed E-state index contributed by atoms with van der Waals surface area (Å²) in [6, 6.07) is 6.10. The number of amides is 2. The van der Waals surface area contributed by atoms with E-state index < -0.39 is 16.1 Å². The molecule has 1 saturated heterocycles. The van der Waals surface area contributed by atoms with Crippen molar-refractivity contribution >= 4 is 21.8 Å². The average Bonchev–Trinajstić information content (AvgIpc) is 2.55. The van der Waals surface area contributed by atoms with E-state index in [0.717, 1.165) is 5.56 Å². The molecule has 1 aliphatic rings. The van der Waals surface area contributed by atoms with Crippen LogP contribution < -0.4 is 10.6 Å². The lowest BCUT2D eigenvalue weighted by Gasteiger charge is -2.32. The van der Waals surface area contributed by atoms with Gasteiger partial charge in [0.15, 0.2) is 0 Å². The van der Waals surface area contributed by atoms with Gasteiger partial charge in [0.05, 0.1) is 4.90 Å². The lowest BCUT2D eigenvalue weighted by Crippen LogP contribution is -2.51. The molecule has 1 aromatic carbocycles. The van der Waals surface area contributed by atoms with Crippen molar-refractivity contribution < 1.29 is 18.0 Å². The Hall–Kier alpha value is -1.93. The number of piperidine rings is 1. The predicted octanol–water partition coefficient (Wildman–Crippen LogP) is 0.789. The zero-order valence-electron chi connectivity index (χ0n) is 14.8. The first-order chi connectivity index (χ1) is 11.7. The van der Waals surface area contributed by atoms with Gasteiger partial charge in [-0.15, -0.1) is 0 Å². The maximum absolute atomic E-state index is 12.6. The van der Waals surface area contributed by atoms with Gasteiger partial charge in [0.1, 0.15) is 6.04 Å². The Labute approximate surface area is 148 Å². The largest absolute Gasteiger partial charge is 0.351 e. The minimum Gasteiger partial charge on any atom is -0.351 e. The lowest BCUT2D eigenvalue weighted by molar-refractivity contribution is -0.128. The van der Waals surface area contributed by atoms with Crippen LogP contribution in [0, 0.1) is 6.92 Å². The van der Waals surface area contributed by atoms with Gasteiger partial charge in [-0.3, -0.25) is 9.59 Å². The number of carbonyl (C=O) groups excluding carboxylic acids is 2. The van der Waals surface area contributed by atoms with E-state index in [1.54, 1.807) is 31.2 Å². The van der Waals surface area contributed by atoms with Gasteiger partial charge in [0.2, 0.25) is 21.8 Å². The van der Waals surface area contributed by atoms with E-state index in [0.29, 0.717) is 30.8 Å². The third-order valence-electron chi connectivity index (χ3n) is 4.27. The molecular formula is C17H25N3O4S. The van der Waals surface area contributed by atoms with Crippen LogP contribution in [0.25, 0.3) is 0 Å². The van der Waals surface area contributed by atoms with Crippen LogP contribution in [0.2, 0.25) is 0 Å². The Morgan fingerprint density at radius 2 is 1.72 bits per heavy atom. The molecule has 1 aromatic rings. The summed E-state index contributed by atoms with van der Waals surface area (Å²) in [5.41, 5.74) is 1.01. The molecule has 0 bridgehead atoms. The van der Waals surface area contributed by atoms with Crippen LogP contribution in [-0.2, 0) is 19.6 Å². The van der Waals surface area contributed by atoms with Crippen LogP contribution in [0.4, 0.5) is 0 Å². The third kappa shape index (κ3) is 5.02. The van der Waals surface area contributed by atoms with Gasteiger partial charge >= 0.3 is 0 Å². The van der Waals surface area contributed by atoms with Gasteiger partial charge in [-0.1, -0.05) is 17.7 Å². The number of hydrogen-bond acceptors (Lipinski definition) is 4. The van der Waals surface area contributed by atoms with E-state index in [-0.39, 0.29) is 17.9 Å². The Balaban J connectivity index is 1.92. The third-order valence-corrected chi connectivity index (χ3v) is 6.18. The Morgan fingerprint density at radius 1 is 1.16 bits per heavy atom. The fourth-order valence-electron chi connectivity index (χ4n) is 2.80. The van der Waals surface area contributed by atoms with Crippen LogP contribution in [0.1, 0.15) is 32.3 Å². The molecule has 0 aliphatic carbocycles. The van der Waals surface area contributed by atoms with E-state index in [1.807, 2.05) is 6.92 Å². The summed E-state index contributed by atoms with van der Waals surface area (Å²) in [7, 11) is -3.50. The van der Waals surface area contributed by atoms with E-state index in [1.165, 1.54) is 11.2 Å². The van der Waals surface area contributed by atoms with E-state index in [4.69, 9.17) is 0 Å². The van der Waals surface area contributed by atoms with Crippen molar-refractivity contribution in [3.8, 4) is 0 Å². The monoisotopic (exact) mass is 367 g/mol. The van der Waals surface area contributed by atoms with Gasteiger partial charge < -0.3 is 10.6 Å². The molecule has 0 spiro atoms. The normalized spacial score (nSPS) is 17.7. The van der Waals surface area contributed by atoms with E-state index >= 15 is 0 Å². The summed E-state index contributed by atoms with van der Waals surface area (Å²) >= 11 is 0.